The van der Waals surface area contributed by atoms with E-state index in [2.05, 4.69) is 20.2 Å². The van der Waals surface area contributed by atoms with Crippen molar-refractivity contribution in [3.63, 3.8) is 0 Å². The normalized spacial score (nSPS) is 24.4. The number of alkyl halides is 1. The number of likely N-dealkylation sites (tertiary alicyclic amines) is 1. The van der Waals surface area contributed by atoms with E-state index in [0.717, 1.165) is 12.1 Å². The molecule has 174 valence electrons. The highest BCUT2D eigenvalue weighted by atomic mass is 19.2. The maximum atomic E-state index is 14.8. The summed E-state index contributed by atoms with van der Waals surface area (Å²) < 4.78 is 41.9. The molecular formula is C23H20F3N7O. The van der Waals surface area contributed by atoms with E-state index in [0.29, 0.717) is 37.7 Å². The van der Waals surface area contributed by atoms with Crippen molar-refractivity contribution < 1.29 is 18.0 Å². The standard InChI is InChI=1S/C23H20F3N7O/c24-15-2-1-3-20(33-28-4-5-29-33)22(15)23(34)32-11-13-9-31(10-14(13)12-32)21-8-27-18-6-16(25)17(26)7-19(18)30-21/h1,3-8,13-15H,2,9-12H2. The molecule has 3 unspecified atom stereocenters. The first-order valence-corrected chi connectivity index (χ1v) is 11.1. The van der Waals surface area contributed by atoms with Gasteiger partial charge in [0.1, 0.15) is 12.0 Å². The zero-order valence-electron chi connectivity index (χ0n) is 18.0. The molecule has 1 aromatic carbocycles. The van der Waals surface area contributed by atoms with E-state index < -0.39 is 17.8 Å². The van der Waals surface area contributed by atoms with Gasteiger partial charge in [0.2, 0.25) is 0 Å². The molecule has 8 nitrogen and oxygen atoms in total. The van der Waals surface area contributed by atoms with Gasteiger partial charge in [-0.25, -0.2) is 18.2 Å². The highest BCUT2D eigenvalue weighted by molar-refractivity contribution is 6.01. The van der Waals surface area contributed by atoms with E-state index in [-0.39, 0.29) is 40.8 Å². The van der Waals surface area contributed by atoms with Crippen LogP contribution in [0.5, 0.6) is 0 Å². The van der Waals surface area contributed by atoms with Crippen molar-refractivity contribution in [1.29, 1.82) is 0 Å². The minimum absolute atomic E-state index is 0.0881. The van der Waals surface area contributed by atoms with Crippen LogP contribution in [0.3, 0.4) is 0 Å². The number of fused-ring (bicyclic) bond motifs is 2. The van der Waals surface area contributed by atoms with Gasteiger partial charge in [0.15, 0.2) is 11.6 Å². The molecule has 11 heteroatoms. The molecule has 3 atom stereocenters. The summed E-state index contributed by atoms with van der Waals surface area (Å²) >= 11 is 0. The van der Waals surface area contributed by atoms with Gasteiger partial charge in [-0.15, -0.1) is 0 Å². The van der Waals surface area contributed by atoms with Crippen molar-refractivity contribution in [2.75, 3.05) is 31.1 Å². The first kappa shape index (κ1) is 20.8. The number of allylic oxidation sites excluding steroid dienone is 3. The molecule has 0 spiro atoms. The van der Waals surface area contributed by atoms with Gasteiger partial charge in [-0.3, -0.25) is 9.78 Å². The van der Waals surface area contributed by atoms with Gasteiger partial charge in [-0.05, 0) is 6.08 Å². The van der Waals surface area contributed by atoms with Crippen LogP contribution < -0.4 is 4.90 Å². The second-order valence-corrected chi connectivity index (χ2v) is 8.84. The van der Waals surface area contributed by atoms with Gasteiger partial charge in [0, 0.05) is 56.6 Å². The Morgan fingerprint density at radius 2 is 1.65 bits per heavy atom. The fourth-order valence-corrected chi connectivity index (χ4v) is 5.09. The quantitative estimate of drug-likeness (QED) is 0.589. The van der Waals surface area contributed by atoms with Crippen LogP contribution in [0.15, 0.2) is 48.4 Å². The average molecular weight is 467 g/mol. The molecule has 0 saturated carbocycles. The van der Waals surface area contributed by atoms with Crippen LogP contribution in [-0.4, -0.2) is 68.1 Å². The highest BCUT2D eigenvalue weighted by Crippen LogP contribution is 2.36. The molecule has 1 aliphatic carbocycles. The Kier molecular flexibility index (Phi) is 4.85. The van der Waals surface area contributed by atoms with Gasteiger partial charge in [-0.2, -0.15) is 15.0 Å². The molecular weight excluding hydrogens is 447 g/mol. The number of aromatic nitrogens is 5. The Labute approximate surface area is 192 Å². The summed E-state index contributed by atoms with van der Waals surface area (Å²) in [6.07, 6.45) is 6.64. The van der Waals surface area contributed by atoms with E-state index in [9.17, 15) is 18.0 Å². The molecule has 2 fully saturated rings. The number of hydrogen-bond donors (Lipinski definition) is 0. The highest BCUT2D eigenvalue weighted by Gasteiger charge is 2.44. The molecule has 0 N–H and O–H groups in total. The number of carbonyl (C=O) groups excluding carboxylic acids is 1. The number of anilines is 1. The van der Waals surface area contributed by atoms with Crippen molar-refractivity contribution in [2.45, 2.75) is 12.6 Å². The van der Waals surface area contributed by atoms with Gasteiger partial charge >= 0.3 is 0 Å². The Balaban J connectivity index is 1.20. The van der Waals surface area contributed by atoms with Crippen LogP contribution in [-0.2, 0) is 4.79 Å². The molecule has 1 amide bonds. The average Bonchev–Trinajstić information content (AvgIpc) is 3.56. The summed E-state index contributed by atoms with van der Waals surface area (Å²) in [5.74, 6) is -1.28. The number of rotatable bonds is 3. The van der Waals surface area contributed by atoms with Gasteiger partial charge in [0.25, 0.3) is 5.91 Å². The van der Waals surface area contributed by atoms with Crippen LogP contribution in [0.1, 0.15) is 6.42 Å². The minimum atomic E-state index is -1.41. The summed E-state index contributed by atoms with van der Waals surface area (Å²) in [5.41, 5.74) is 1.03. The van der Waals surface area contributed by atoms with Crippen LogP contribution in [0, 0.1) is 23.5 Å². The summed E-state index contributed by atoms with van der Waals surface area (Å²) in [6.45, 7) is 2.29. The predicted octanol–water partition coefficient (Wildman–Crippen LogP) is 2.60. The molecule has 4 heterocycles. The van der Waals surface area contributed by atoms with Crippen LogP contribution in [0.2, 0.25) is 0 Å². The van der Waals surface area contributed by atoms with Gasteiger partial charge in [-0.1, -0.05) is 6.08 Å². The van der Waals surface area contributed by atoms with E-state index >= 15 is 0 Å². The molecule has 0 radical (unpaired) electrons. The Morgan fingerprint density at radius 1 is 0.971 bits per heavy atom. The molecule has 34 heavy (non-hydrogen) atoms. The lowest BCUT2D eigenvalue weighted by molar-refractivity contribution is -0.127. The molecule has 0 bridgehead atoms. The van der Waals surface area contributed by atoms with Crippen molar-refractivity contribution >= 4 is 28.5 Å². The van der Waals surface area contributed by atoms with Crippen molar-refractivity contribution in [1.82, 2.24) is 29.9 Å². The van der Waals surface area contributed by atoms with Gasteiger partial charge < -0.3 is 9.80 Å². The van der Waals surface area contributed by atoms with E-state index in [1.54, 1.807) is 23.2 Å². The minimum Gasteiger partial charge on any atom is -0.355 e. The van der Waals surface area contributed by atoms with Gasteiger partial charge in [0.05, 0.1) is 40.9 Å². The number of nitrogens with zero attached hydrogens (tertiary/aromatic N) is 7. The lowest BCUT2D eigenvalue weighted by Crippen LogP contribution is -2.37. The van der Waals surface area contributed by atoms with Crippen molar-refractivity contribution in [3.8, 4) is 0 Å². The third-order valence-corrected chi connectivity index (χ3v) is 6.74. The second-order valence-electron chi connectivity index (χ2n) is 8.84. The van der Waals surface area contributed by atoms with Crippen LogP contribution in [0.25, 0.3) is 16.7 Å². The number of hydrogen-bond acceptors (Lipinski definition) is 6. The SMILES string of the molecule is O=C(C1=C(n2nccn2)C=CCC1F)N1CC2CN(c3cnc4cc(F)c(F)cc4n3)CC2C1. The molecule has 3 aromatic rings. The topological polar surface area (TPSA) is 80.0 Å². The maximum absolute atomic E-state index is 14.8. The zero-order valence-corrected chi connectivity index (χ0v) is 18.0. The third kappa shape index (κ3) is 3.42. The predicted molar refractivity (Wildman–Crippen MR) is 117 cm³/mol. The van der Waals surface area contributed by atoms with Crippen molar-refractivity contribution in [3.05, 3.63) is 60.1 Å². The van der Waals surface area contributed by atoms with Crippen LogP contribution >= 0.6 is 0 Å². The fraction of sp³-hybridized carbons (Fsp3) is 0.348. The number of benzene rings is 1. The summed E-state index contributed by atoms with van der Waals surface area (Å²) in [4.78, 5) is 27.0. The lowest BCUT2D eigenvalue weighted by atomic mass is 9.99. The Morgan fingerprint density at radius 3 is 2.35 bits per heavy atom. The zero-order chi connectivity index (χ0) is 23.4. The van der Waals surface area contributed by atoms with Crippen molar-refractivity contribution in [2.24, 2.45) is 11.8 Å². The number of carbonyl (C=O) groups is 1. The number of halogens is 3. The molecule has 2 aromatic heterocycles. The monoisotopic (exact) mass is 467 g/mol. The largest absolute Gasteiger partial charge is 0.355 e. The Hall–Kier alpha value is -3.76. The van der Waals surface area contributed by atoms with Crippen LogP contribution in [0.4, 0.5) is 19.0 Å². The smallest absolute Gasteiger partial charge is 0.255 e. The Bertz CT molecular complexity index is 1330. The third-order valence-electron chi connectivity index (χ3n) is 6.74. The summed E-state index contributed by atoms with van der Waals surface area (Å²) in [6, 6.07) is 2.08. The molecule has 2 aliphatic heterocycles. The summed E-state index contributed by atoms with van der Waals surface area (Å²) in [7, 11) is 0. The lowest BCUT2D eigenvalue weighted by Gasteiger charge is -2.26. The molecule has 2 saturated heterocycles. The van der Waals surface area contributed by atoms with E-state index in [1.165, 1.54) is 17.2 Å². The van der Waals surface area contributed by atoms with E-state index in [1.807, 2.05) is 4.90 Å². The molecule has 6 rings (SSSR count). The van der Waals surface area contributed by atoms with E-state index in [4.69, 9.17) is 0 Å². The first-order valence-electron chi connectivity index (χ1n) is 11.1. The fourth-order valence-electron chi connectivity index (χ4n) is 5.09. The summed E-state index contributed by atoms with van der Waals surface area (Å²) in [5, 5.41) is 8.12. The molecule has 3 aliphatic rings. The number of amides is 1. The maximum Gasteiger partial charge on any atom is 0.255 e. The second kappa shape index (κ2) is 7.93. The first-order chi connectivity index (χ1) is 16.5.